The third kappa shape index (κ3) is 5.79. The second-order valence-corrected chi connectivity index (χ2v) is 5.06. The molecule has 0 amide bonds. The highest BCUT2D eigenvalue weighted by atomic mass is 19.4. The summed E-state index contributed by atoms with van der Waals surface area (Å²) in [6.45, 7) is 2.94. The molecule has 0 aromatic heterocycles. The highest BCUT2D eigenvalue weighted by Gasteiger charge is 2.45. The van der Waals surface area contributed by atoms with Crippen molar-refractivity contribution in [1.29, 1.82) is 5.26 Å². The maximum Gasteiger partial charge on any atom is 0.389 e. The maximum absolute atomic E-state index is 12.0. The minimum atomic E-state index is -4.13. The number of hydrogen-bond acceptors (Lipinski definition) is 3. The standard InChI is InChI=1S/C13H21F3N2O/c1-2-7-18-12(9-17,11-4-5-11)10-19-8-3-6-13(14,15)16/h11,18H,2-8,10H2,1H3. The Morgan fingerprint density at radius 1 is 1.37 bits per heavy atom. The molecule has 0 aromatic rings. The van der Waals surface area contributed by atoms with Crippen LogP contribution < -0.4 is 5.32 Å². The molecule has 1 atom stereocenters. The average molecular weight is 278 g/mol. The third-order valence-corrected chi connectivity index (χ3v) is 3.24. The normalized spacial score (nSPS) is 18.9. The van der Waals surface area contributed by atoms with E-state index in [1.165, 1.54) is 0 Å². The second-order valence-electron chi connectivity index (χ2n) is 5.06. The molecule has 0 saturated heterocycles. The van der Waals surface area contributed by atoms with E-state index in [0.29, 0.717) is 0 Å². The molecule has 6 heteroatoms. The SMILES string of the molecule is CCCNC(C#N)(COCCCC(F)(F)F)C1CC1. The second kappa shape index (κ2) is 7.11. The first-order valence-corrected chi connectivity index (χ1v) is 6.74. The smallest absolute Gasteiger partial charge is 0.378 e. The number of halogens is 3. The number of rotatable bonds is 9. The highest BCUT2D eigenvalue weighted by Crippen LogP contribution is 2.39. The molecule has 0 radical (unpaired) electrons. The van der Waals surface area contributed by atoms with Gasteiger partial charge in [-0.2, -0.15) is 18.4 Å². The highest BCUT2D eigenvalue weighted by molar-refractivity contribution is 5.15. The Balaban J connectivity index is 2.31. The summed E-state index contributed by atoms with van der Waals surface area (Å²) in [4.78, 5) is 0. The van der Waals surface area contributed by atoms with Crippen LogP contribution in [-0.2, 0) is 4.74 Å². The molecule has 19 heavy (non-hydrogen) atoms. The van der Waals surface area contributed by atoms with Crippen molar-refractivity contribution in [1.82, 2.24) is 5.32 Å². The van der Waals surface area contributed by atoms with Crippen molar-refractivity contribution in [3.8, 4) is 6.07 Å². The topological polar surface area (TPSA) is 45.0 Å². The zero-order chi connectivity index (χ0) is 14.4. The van der Waals surface area contributed by atoms with E-state index in [2.05, 4.69) is 11.4 Å². The summed E-state index contributed by atoms with van der Waals surface area (Å²) < 4.78 is 41.2. The number of nitriles is 1. The largest absolute Gasteiger partial charge is 0.389 e. The van der Waals surface area contributed by atoms with Gasteiger partial charge in [0, 0.05) is 13.0 Å². The molecule has 110 valence electrons. The van der Waals surface area contributed by atoms with Gasteiger partial charge in [-0.3, -0.25) is 5.32 Å². The molecule has 0 aliphatic heterocycles. The number of nitrogens with one attached hydrogen (secondary N) is 1. The van der Waals surface area contributed by atoms with Crippen LogP contribution in [0.3, 0.4) is 0 Å². The fourth-order valence-corrected chi connectivity index (χ4v) is 2.01. The van der Waals surface area contributed by atoms with Crippen molar-refractivity contribution in [2.24, 2.45) is 5.92 Å². The van der Waals surface area contributed by atoms with Gasteiger partial charge in [0.25, 0.3) is 0 Å². The van der Waals surface area contributed by atoms with E-state index in [1.807, 2.05) is 6.92 Å². The Morgan fingerprint density at radius 2 is 2.05 bits per heavy atom. The van der Waals surface area contributed by atoms with Crippen LogP contribution in [0.2, 0.25) is 0 Å². The summed E-state index contributed by atoms with van der Waals surface area (Å²) in [5.41, 5.74) is -0.714. The molecule has 0 aromatic carbocycles. The lowest BCUT2D eigenvalue weighted by Gasteiger charge is -2.27. The van der Waals surface area contributed by atoms with Gasteiger partial charge in [-0.15, -0.1) is 0 Å². The Kier molecular flexibility index (Phi) is 6.08. The van der Waals surface area contributed by atoms with Crippen LogP contribution in [0.4, 0.5) is 13.2 Å². The molecule has 0 heterocycles. The minimum Gasteiger partial charge on any atom is -0.378 e. The number of ether oxygens (including phenoxy) is 1. The van der Waals surface area contributed by atoms with Gasteiger partial charge in [0.1, 0.15) is 5.54 Å². The van der Waals surface area contributed by atoms with Crippen LogP contribution in [0, 0.1) is 17.2 Å². The lowest BCUT2D eigenvalue weighted by molar-refractivity contribution is -0.138. The summed E-state index contributed by atoms with van der Waals surface area (Å²) in [6.07, 6.45) is -2.15. The Hall–Kier alpha value is -0.800. The van der Waals surface area contributed by atoms with Gasteiger partial charge in [0.05, 0.1) is 12.7 Å². The summed E-state index contributed by atoms with van der Waals surface area (Å²) in [5.74, 6) is 0.270. The Bertz CT molecular complexity index is 310. The number of hydrogen-bond donors (Lipinski definition) is 1. The maximum atomic E-state index is 12.0. The molecular weight excluding hydrogens is 257 g/mol. The van der Waals surface area contributed by atoms with Crippen LogP contribution >= 0.6 is 0 Å². The quantitative estimate of drug-likeness (QED) is 0.659. The van der Waals surface area contributed by atoms with E-state index in [1.54, 1.807) is 0 Å². The van der Waals surface area contributed by atoms with Crippen LogP contribution in [0.1, 0.15) is 39.0 Å². The lowest BCUT2D eigenvalue weighted by Crippen LogP contribution is -2.50. The third-order valence-electron chi connectivity index (χ3n) is 3.24. The Labute approximate surface area is 112 Å². The van der Waals surface area contributed by atoms with Gasteiger partial charge < -0.3 is 4.74 Å². The Morgan fingerprint density at radius 3 is 2.53 bits per heavy atom. The zero-order valence-electron chi connectivity index (χ0n) is 11.2. The number of alkyl halides is 3. The molecule has 1 N–H and O–H groups in total. The molecule has 1 saturated carbocycles. The van der Waals surface area contributed by atoms with Gasteiger partial charge in [0.2, 0.25) is 0 Å². The van der Waals surface area contributed by atoms with E-state index >= 15 is 0 Å². The van der Waals surface area contributed by atoms with Crippen molar-refractivity contribution in [2.75, 3.05) is 19.8 Å². The summed E-state index contributed by atoms with van der Waals surface area (Å²) in [7, 11) is 0. The minimum absolute atomic E-state index is 0.0451. The zero-order valence-corrected chi connectivity index (χ0v) is 11.2. The molecule has 1 unspecified atom stereocenters. The van der Waals surface area contributed by atoms with Crippen LogP contribution in [0.25, 0.3) is 0 Å². The van der Waals surface area contributed by atoms with Gasteiger partial charge in [-0.05, 0) is 38.1 Å². The van der Waals surface area contributed by atoms with Crippen molar-refractivity contribution < 1.29 is 17.9 Å². The van der Waals surface area contributed by atoms with Crippen LogP contribution in [0.15, 0.2) is 0 Å². The summed E-state index contributed by atoms with van der Waals surface area (Å²) >= 11 is 0. The van der Waals surface area contributed by atoms with E-state index in [4.69, 9.17) is 4.74 Å². The summed E-state index contributed by atoms with van der Waals surface area (Å²) in [6, 6.07) is 2.26. The average Bonchev–Trinajstić information content (AvgIpc) is 3.16. The summed E-state index contributed by atoms with van der Waals surface area (Å²) in [5, 5.41) is 12.5. The van der Waals surface area contributed by atoms with E-state index in [-0.39, 0.29) is 25.6 Å². The molecule has 1 fully saturated rings. The first-order chi connectivity index (χ1) is 8.93. The monoisotopic (exact) mass is 278 g/mol. The van der Waals surface area contributed by atoms with Gasteiger partial charge >= 0.3 is 6.18 Å². The van der Waals surface area contributed by atoms with Crippen LogP contribution in [-0.4, -0.2) is 31.5 Å². The first kappa shape index (κ1) is 16.3. The van der Waals surface area contributed by atoms with E-state index in [0.717, 1.165) is 25.8 Å². The van der Waals surface area contributed by atoms with Crippen molar-refractivity contribution in [2.45, 2.75) is 50.7 Å². The molecule has 0 bridgehead atoms. The molecule has 1 aliphatic carbocycles. The van der Waals surface area contributed by atoms with Crippen molar-refractivity contribution >= 4 is 0 Å². The molecule has 1 rings (SSSR count). The van der Waals surface area contributed by atoms with Gasteiger partial charge in [-0.25, -0.2) is 0 Å². The van der Waals surface area contributed by atoms with Gasteiger partial charge in [-0.1, -0.05) is 6.92 Å². The predicted molar refractivity (Wildman–Crippen MR) is 65.5 cm³/mol. The van der Waals surface area contributed by atoms with E-state index < -0.39 is 18.1 Å². The molecule has 0 spiro atoms. The first-order valence-electron chi connectivity index (χ1n) is 6.74. The number of nitrogens with zero attached hydrogens (tertiary/aromatic N) is 1. The molecular formula is C13H21F3N2O. The fraction of sp³-hybridized carbons (Fsp3) is 0.923. The fourth-order valence-electron chi connectivity index (χ4n) is 2.01. The molecule has 3 nitrogen and oxygen atoms in total. The van der Waals surface area contributed by atoms with Crippen molar-refractivity contribution in [3.05, 3.63) is 0 Å². The van der Waals surface area contributed by atoms with E-state index in [9.17, 15) is 18.4 Å². The predicted octanol–water partition coefficient (Wildman–Crippen LogP) is 3.02. The molecule has 1 aliphatic rings. The van der Waals surface area contributed by atoms with Crippen LogP contribution in [0.5, 0.6) is 0 Å². The van der Waals surface area contributed by atoms with Gasteiger partial charge in [0.15, 0.2) is 0 Å². The van der Waals surface area contributed by atoms with Crippen molar-refractivity contribution in [3.63, 3.8) is 0 Å². The lowest BCUT2D eigenvalue weighted by atomic mass is 9.96.